The van der Waals surface area contributed by atoms with Crippen molar-refractivity contribution in [3.63, 3.8) is 0 Å². The number of amides is 2. The normalized spacial score (nSPS) is 23.7. The van der Waals surface area contributed by atoms with Crippen LogP contribution < -0.4 is 0 Å². The minimum atomic E-state index is -0.804. The summed E-state index contributed by atoms with van der Waals surface area (Å²) in [5, 5.41) is 8.79. The maximum Gasteiger partial charge on any atom is 0.320 e. The molecule has 2 aliphatic heterocycles. The second-order valence-corrected chi connectivity index (χ2v) is 8.09. The smallest absolute Gasteiger partial charge is 0.320 e. The quantitative estimate of drug-likeness (QED) is 0.824. The van der Waals surface area contributed by atoms with E-state index < -0.39 is 5.97 Å². The van der Waals surface area contributed by atoms with Crippen molar-refractivity contribution in [1.82, 2.24) is 14.7 Å². The average Bonchev–Trinajstić information content (AvgIpc) is 2.59. The summed E-state index contributed by atoms with van der Waals surface area (Å²) in [6.45, 7) is 8.69. The number of piperazine rings is 1. The van der Waals surface area contributed by atoms with Gasteiger partial charge < -0.3 is 14.9 Å². The molecular formula is C14H25N3O3S. The molecule has 120 valence electrons. The third kappa shape index (κ3) is 4.78. The first-order valence-electron chi connectivity index (χ1n) is 7.49. The van der Waals surface area contributed by atoms with Crippen LogP contribution in [0.1, 0.15) is 20.3 Å². The van der Waals surface area contributed by atoms with Gasteiger partial charge in [-0.25, -0.2) is 4.79 Å². The van der Waals surface area contributed by atoms with E-state index in [1.807, 2.05) is 26.5 Å². The summed E-state index contributed by atoms with van der Waals surface area (Å²) in [6, 6.07) is 0.114. The summed E-state index contributed by atoms with van der Waals surface area (Å²) in [5.74, 6) is 0.180. The summed E-state index contributed by atoms with van der Waals surface area (Å²) in [7, 11) is 0. The lowest BCUT2D eigenvalue weighted by atomic mass is 10.1. The molecule has 2 amide bonds. The van der Waals surface area contributed by atoms with E-state index in [0.29, 0.717) is 26.2 Å². The van der Waals surface area contributed by atoms with Crippen LogP contribution in [0.25, 0.3) is 0 Å². The highest BCUT2D eigenvalue weighted by Gasteiger charge is 2.30. The lowest BCUT2D eigenvalue weighted by molar-refractivity contribution is -0.138. The van der Waals surface area contributed by atoms with Crippen molar-refractivity contribution >= 4 is 23.8 Å². The largest absolute Gasteiger partial charge is 0.480 e. The van der Waals surface area contributed by atoms with Crippen molar-refractivity contribution in [3.05, 3.63) is 0 Å². The molecule has 2 aliphatic rings. The van der Waals surface area contributed by atoms with E-state index in [9.17, 15) is 9.59 Å². The molecule has 0 aromatic rings. The van der Waals surface area contributed by atoms with Crippen molar-refractivity contribution in [2.45, 2.75) is 25.0 Å². The molecule has 0 radical (unpaired) electrons. The Labute approximate surface area is 130 Å². The zero-order valence-corrected chi connectivity index (χ0v) is 13.7. The van der Waals surface area contributed by atoms with E-state index in [1.54, 1.807) is 0 Å². The molecule has 0 aliphatic carbocycles. The Morgan fingerprint density at radius 2 is 1.67 bits per heavy atom. The first-order chi connectivity index (χ1) is 9.87. The zero-order chi connectivity index (χ0) is 15.5. The molecule has 7 heteroatoms. The van der Waals surface area contributed by atoms with Gasteiger partial charge in [-0.2, -0.15) is 11.8 Å². The number of carboxylic acid groups (broad SMARTS) is 1. The summed E-state index contributed by atoms with van der Waals surface area (Å²) in [5.41, 5.74) is 0. The van der Waals surface area contributed by atoms with Crippen molar-refractivity contribution in [2.24, 2.45) is 0 Å². The van der Waals surface area contributed by atoms with Gasteiger partial charge in [0.1, 0.15) is 0 Å². The first-order valence-corrected chi connectivity index (χ1v) is 8.48. The molecule has 0 spiro atoms. The number of hydrogen-bond donors (Lipinski definition) is 1. The van der Waals surface area contributed by atoms with E-state index in [4.69, 9.17) is 5.11 Å². The van der Waals surface area contributed by atoms with E-state index in [0.717, 1.165) is 25.3 Å². The molecule has 21 heavy (non-hydrogen) atoms. The molecule has 6 nitrogen and oxygen atoms in total. The molecule has 2 heterocycles. The Kier molecular flexibility index (Phi) is 5.37. The number of urea groups is 1. The number of thioether (sulfide) groups is 1. The van der Waals surface area contributed by atoms with Gasteiger partial charge in [0, 0.05) is 49.8 Å². The lowest BCUT2D eigenvalue weighted by Crippen LogP contribution is -2.53. The molecule has 0 aromatic heterocycles. The van der Waals surface area contributed by atoms with Gasteiger partial charge in [-0.1, -0.05) is 13.8 Å². The average molecular weight is 315 g/mol. The van der Waals surface area contributed by atoms with Gasteiger partial charge >= 0.3 is 12.0 Å². The molecule has 2 fully saturated rings. The number of aliphatic carboxylic acids is 1. The lowest BCUT2D eigenvalue weighted by Gasteiger charge is -2.36. The second kappa shape index (κ2) is 6.87. The molecular weight excluding hydrogens is 290 g/mol. The fourth-order valence-corrected chi connectivity index (χ4v) is 3.80. The van der Waals surface area contributed by atoms with Crippen molar-refractivity contribution in [3.8, 4) is 0 Å². The summed E-state index contributed by atoms with van der Waals surface area (Å²) in [6.07, 6.45) is 1.02. The van der Waals surface area contributed by atoms with Crippen molar-refractivity contribution in [1.29, 1.82) is 0 Å². The molecule has 0 aromatic carbocycles. The van der Waals surface area contributed by atoms with Gasteiger partial charge in [0.25, 0.3) is 0 Å². The number of hydrogen-bond acceptors (Lipinski definition) is 4. The van der Waals surface area contributed by atoms with Gasteiger partial charge in [0.05, 0.1) is 6.54 Å². The predicted octanol–water partition coefficient (Wildman–Crippen LogP) is 1.03. The molecule has 0 saturated carbocycles. The second-order valence-electron chi connectivity index (χ2n) is 6.28. The minimum absolute atomic E-state index is 0.0660. The van der Waals surface area contributed by atoms with Gasteiger partial charge in [0.15, 0.2) is 0 Å². The molecule has 0 unspecified atom stereocenters. The molecule has 2 rings (SSSR count). The Morgan fingerprint density at radius 3 is 2.29 bits per heavy atom. The highest BCUT2D eigenvalue weighted by atomic mass is 32.2. The van der Waals surface area contributed by atoms with Gasteiger partial charge in [-0.3, -0.25) is 9.69 Å². The van der Waals surface area contributed by atoms with Gasteiger partial charge in [-0.15, -0.1) is 0 Å². The van der Waals surface area contributed by atoms with Crippen LogP contribution in [-0.4, -0.2) is 88.1 Å². The first kappa shape index (κ1) is 16.4. The van der Waals surface area contributed by atoms with Crippen LogP contribution in [-0.2, 0) is 4.79 Å². The number of carboxylic acids is 1. The van der Waals surface area contributed by atoms with Crippen LogP contribution in [0.15, 0.2) is 0 Å². The van der Waals surface area contributed by atoms with E-state index in [2.05, 4.69) is 13.8 Å². The number of nitrogens with zero attached hydrogens (tertiary/aromatic N) is 3. The van der Waals surface area contributed by atoms with Crippen LogP contribution in [0.3, 0.4) is 0 Å². The van der Waals surface area contributed by atoms with Crippen LogP contribution in [0, 0.1) is 0 Å². The van der Waals surface area contributed by atoms with E-state index >= 15 is 0 Å². The maximum absolute atomic E-state index is 12.6. The molecule has 0 bridgehead atoms. The minimum Gasteiger partial charge on any atom is -0.480 e. The van der Waals surface area contributed by atoms with E-state index in [-0.39, 0.29) is 17.3 Å². The monoisotopic (exact) mass is 315 g/mol. The Balaban J connectivity index is 1.83. The van der Waals surface area contributed by atoms with Crippen molar-refractivity contribution < 1.29 is 14.7 Å². The number of rotatable bonds is 2. The van der Waals surface area contributed by atoms with Crippen LogP contribution in [0.2, 0.25) is 0 Å². The Bertz CT molecular complexity index is 395. The number of carbonyl (C=O) groups excluding carboxylic acids is 1. The van der Waals surface area contributed by atoms with Crippen LogP contribution in [0.5, 0.6) is 0 Å². The predicted molar refractivity (Wildman–Crippen MR) is 83.8 cm³/mol. The molecule has 0 atom stereocenters. The van der Waals surface area contributed by atoms with Gasteiger partial charge in [0.2, 0.25) is 0 Å². The van der Waals surface area contributed by atoms with Crippen LogP contribution >= 0.6 is 11.8 Å². The zero-order valence-electron chi connectivity index (χ0n) is 12.9. The summed E-state index contributed by atoms with van der Waals surface area (Å²) < 4.78 is 0.245. The fraction of sp³-hybridized carbons (Fsp3) is 0.857. The topological polar surface area (TPSA) is 64.1 Å². The van der Waals surface area contributed by atoms with Crippen molar-refractivity contribution in [2.75, 3.05) is 51.6 Å². The standard InChI is InChI=1S/C14H25N3O3S/c1-14(2)3-4-16(9-10-21-14)13(20)17-7-5-15(6-8-17)11-12(18)19/h3-11H2,1-2H3,(H,18,19). The highest BCUT2D eigenvalue weighted by Crippen LogP contribution is 2.30. The van der Waals surface area contributed by atoms with Gasteiger partial charge in [-0.05, 0) is 6.42 Å². The number of carbonyl (C=O) groups is 2. The SMILES string of the molecule is CC1(C)CCN(C(=O)N2CCN(CC(=O)O)CC2)CCS1. The fourth-order valence-electron chi connectivity index (χ4n) is 2.70. The maximum atomic E-state index is 12.6. The Hall–Kier alpha value is -0.950. The van der Waals surface area contributed by atoms with E-state index in [1.165, 1.54) is 0 Å². The summed E-state index contributed by atoms with van der Waals surface area (Å²) >= 11 is 1.93. The third-order valence-electron chi connectivity index (χ3n) is 4.11. The Morgan fingerprint density at radius 1 is 1.05 bits per heavy atom. The molecule has 2 saturated heterocycles. The highest BCUT2D eigenvalue weighted by molar-refractivity contribution is 8.00. The summed E-state index contributed by atoms with van der Waals surface area (Å²) in [4.78, 5) is 28.9. The molecule has 1 N–H and O–H groups in total. The third-order valence-corrected chi connectivity index (χ3v) is 5.48. The van der Waals surface area contributed by atoms with Crippen LogP contribution in [0.4, 0.5) is 4.79 Å².